The normalized spacial score (nSPS) is 11.6. The molecule has 2 heterocycles. The minimum Gasteiger partial charge on any atom is -0.456 e. The fourth-order valence-electron chi connectivity index (χ4n) is 8.36. The minimum atomic E-state index is 0.883. The SMILES string of the molecule is c1ccc(-n2c3ccccc3c3cccc(-c4ccc(N(c5ccc(-c6ccc7ccccc7c6)cc5)c5ccc6oc7ccccc7c6c5)cc4)c32)cc1. The van der Waals surface area contributed by atoms with Gasteiger partial charge in [0.15, 0.2) is 0 Å². The number of anilines is 3. The summed E-state index contributed by atoms with van der Waals surface area (Å²) in [5.41, 5.74) is 13.3. The van der Waals surface area contributed by atoms with Gasteiger partial charge in [0.25, 0.3) is 0 Å². The molecule has 0 amide bonds. The predicted molar refractivity (Wildman–Crippen MR) is 231 cm³/mol. The second-order valence-electron chi connectivity index (χ2n) is 14.2. The molecule has 0 bridgehead atoms. The van der Waals surface area contributed by atoms with Crippen molar-refractivity contribution in [2.45, 2.75) is 0 Å². The van der Waals surface area contributed by atoms with E-state index in [2.05, 4.69) is 204 Å². The van der Waals surface area contributed by atoms with Crippen molar-refractivity contribution in [2.75, 3.05) is 4.90 Å². The first-order valence-corrected chi connectivity index (χ1v) is 18.8. The summed E-state index contributed by atoms with van der Waals surface area (Å²) in [6.07, 6.45) is 0. The molecular formula is C52H34N2O. The zero-order chi connectivity index (χ0) is 36.3. The van der Waals surface area contributed by atoms with Crippen LogP contribution in [0.15, 0.2) is 211 Å². The number of furan rings is 1. The van der Waals surface area contributed by atoms with Gasteiger partial charge in [0.05, 0.1) is 11.0 Å². The smallest absolute Gasteiger partial charge is 0.135 e. The lowest BCUT2D eigenvalue weighted by Crippen LogP contribution is -2.09. The van der Waals surface area contributed by atoms with Gasteiger partial charge >= 0.3 is 0 Å². The van der Waals surface area contributed by atoms with E-state index in [-0.39, 0.29) is 0 Å². The van der Waals surface area contributed by atoms with Crippen LogP contribution in [0.2, 0.25) is 0 Å². The van der Waals surface area contributed by atoms with E-state index < -0.39 is 0 Å². The van der Waals surface area contributed by atoms with Crippen LogP contribution >= 0.6 is 0 Å². The van der Waals surface area contributed by atoms with Gasteiger partial charge in [0.2, 0.25) is 0 Å². The Morgan fingerprint density at radius 3 is 1.80 bits per heavy atom. The van der Waals surface area contributed by atoms with Crippen molar-refractivity contribution < 1.29 is 4.42 Å². The Labute approximate surface area is 318 Å². The molecule has 0 aliphatic carbocycles. The van der Waals surface area contributed by atoms with Gasteiger partial charge in [-0.25, -0.2) is 0 Å². The van der Waals surface area contributed by atoms with Crippen LogP contribution in [-0.2, 0) is 0 Å². The van der Waals surface area contributed by atoms with Gasteiger partial charge < -0.3 is 13.9 Å². The van der Waals surface area contributed by atoms with E-state index in [1.54, 1.807) is 0 Å². The Morgan fingerprint density at radius 2 is 0.982 bits per heavy atom. The second kappa shape index (κ2) is 12.6. The molecular weight excluding hydrogens is 669 g/mol. The molecule has 0 spiro atoms. The molecule has 3 nitrogen and oxygen atoms in total. The standard InChI is InChI=1S/C52H34N2O/c1-2-13-40(14-3-1)54-49-19-8-6-15-45(49)47-18-10-17-44(52(47)54)37-25-29-42(30-26-37)53(43-31-32-51-48(34-43)46-16-7-9-20-50(46)55-51)41-27-23-36(24-28-41)39-22-21-35-11-4-5-12-38(35)33-39/h1-34H. The first-order valence-electron chi connectivity index (χ1n) is 18.8. The van der Waals surface area contributed by atoms with Crippen molar-refractivity contribution in [1.82, 2.24) is 4.57 Å². The van der Waals surface area contributed by atoms with Gasteiger partial charge in [-0.2, -0.15) is 0 Å². The van der Waals surface area contributed by atoms with E-state index in [4.69, 9.17) is 4.42 Å². The Kier molecular flexibility index (Phi) is 7.17. The van der Waals surface area contributed by atoms with Crippen molar-refractivity contribution in [3.63, 3.8) is 0 Å². The maximum atomic E-state index is 6.24. The molecule has 0 fully saturated rings. The fourth-order valence-corrected chi connectivity index (χ4v) is 8.36. The lowest BCUT2D eigenvalue weighted by molar-refractivity contribution is 0.669. The van der Waals surface area contributed by atoms with Gasteiger partial charge in [-0.3, -0.25) is 0 Å². The lowest BCUT2D eigenvalue weighted by atomic mass is 10.00. The number of aromatic nitrogens is 1. The predicted octanol–water partition coefficient (Wildman–Crippen LogP) is 14.6. The quantitative estimate of drug-likeness (QED) is 0.172. The number of rotatable bonds is 6. The van der Waals surface area contributed by atoms with Crippen molar-refractivity contribution in [3.8, 4) is 27.9 Å². The maximum Gasteiger partial charge on any atom is 0.135 e. The number of para-hydroxylation sites is 4. The zero-order valence-electron chi connectivity index (χ0n) is 29.9. The maximum absolute atomic E-state index is 6.24. The average Bonchev–Trinajstić information content (AvgIpc) is 3.80. The molecule has 0 aliphatic rings. The van der Waals surface area contributed by atoms with Crippen LogP contribution in [0, 0.1) is 0 Å². The summed E-state index contributed by atoms with van der Waals surface area (Å²) < 4.78 is 8.64. The van der Waals surface area contributed by atoms with Crippen LogP contribution in [0.25, 0.3) is 82.5 Å². The molecule has 0 radical (unpaired) electrons. The summed E-state index contributed by atoms with van der Waals surface area (Å²) >= 11 is 0. The number of hydrogen-bond acceptors (Lipinski definition) is 2. The van der Waals surface area contributed by atoms with E-state index in [1.165, 1.54) is 49.3 Å². The van der Waals surface area contributed by atoms with Crippen LogP contribution in [0.4, 0.5) is 17.1 Å². The Balaban J connectivity index is 1.05. The fraction of sp³-hybridized carbons (Fsp3) is 0. The van der Waals surface area contributed by atoms with Gasteiger partial charge in [0, 0.05) is 49.9 Å². The summed E-state index contributed by atoms with van der Waals surface area (Å²) in [7, 11) is 0. The monoisotopic (exact) mass is 702 g/mol. The Bertz CT molecular complexity index is 3190. The molecule has 0 saturated heterocycles. The molecule has 55 heavy (non-hydrogen) atoms. The molecule has 258 valence electrons. The number of hydrogen-bond donors (Lipinski definition) is 0. The van der Waals surface area contributed by atoms with Gasteiger partial charge in [-0.1, -0.05) is 133 Å². The van der Waals surface area contributed by atoms with Gasteiger partial charge in [0.1, 0.15) is 11.2 Å². The van der Waals surface area contributed by atoms with Crippen molar-refractivity contribution in [3.05, 3.63) is 206 Å². The topological polar surface area (TPSA) is 21.3 Å². The van der Waals surface area contributed by atoms with Crippen LogP contribution in [-0.4, -0.2) is 4.57 Å². The van der Waals surface area contributed by atoms with E-state index in [9.17, 15) is 0 Å². The zero-order valence-corrected chi connectivity index (χ0v) is 29.9. The summed E-state index contributed by atoms with van der Waals surface area (Å²) in [6, 6.07) is 74.0. The highest BCUT2D eigenvalue weighted by atomic mass is 16.3. The molecule has 2 aromatic heterocycles. The molecule has 0 N–H and O–H groups in total. The molecule has 0 atom stereocenters. The number of nitrogens with zero attached hydrogens (tertiary/aromatic N) is 2. The third kappa shape index (κ3) is 5.20. The largest absolute Gasteiger partial charge is 0.456 e. The van der Waals surface area contributed by atoms with E-state index in [1.807, 2.05) is 12.1 Å². The highest BCUT2D eigenvalue weighted by molar-refractivity contribution is 6.14. The first kappa shape index (κ1) is 31.2. The molecule has 11 aromatic rings. The number of benzene rings is 9. The average molecular weight is 703 g/mol. The van der Waals surface area contributed by atoms with E-state index >= 15 is 0 Å². The van der Waals surface area contributed by atoms with Gasteiger partial charge in [-0.15, -0.1) is 0 Å². The van der Waals surface area contributed by atoms with E-state index in [0.29, 0.717) is 0 Å². The minimum absolute atomic E-state index is 0.883. The van der Waals surface area contributed by atoms with Gasteiger partial charge in [-0.05, 0) is 100 Å². The van der Waals surface area contributed by atoms with Crippen LogP contribution < -0.4 is 4.90 Å². The second-order valence-corrected chi connectivity index (χ2v) is 14.2. The summed E-state index contributed by atoms with van der Waals surface area (Å²) in [6.45, 7) is 0. The molecule has 0 saturated carbocycles. The molecule has 9 aromatic carbocycles. The third-order valence-electron chi connectivity index (χ3n) is 11.0. The highest BCUT2D eigenvalue weighted by Gasteiger charge is 2.19. The first-order chi connectivity index (χ1) is 27.3. The molecule has 0 aliphatic heterocycles. The van der Waals surface area contributed by atoms with Crippen LogP contribution in [0.1, 0.15) is 0 Å². The third-order valence-corrected chi connectivity index (χ3v) is 11.0. The summed E-state index contributed by atoms with van der Waals surface area (Å²) in [4.78, 5) is 2.34. The van der Waals surface area contributed by atoms with Crippen LogP contribution in [0.5, 0.6) is 0 Å². The Hall–Kier alpha value is -7.36. The number of fused-ring (bicyclic) bond motifs is 7. The van der Waals surface area contributed by atoms with Crippen molar-refractivity contribution in [2.24, 2.45) is 0 Å². The summed E-state index contributed by atoms with van der Waals surface area (Å²) in [5.74, 6) is 0. The van der Waals surface area contributed by atoms with Crippen molar-refractivity contribution in [1.29, 1.82) is 0 Å². The summed E-state index contributed by atoms with van der Waals surface area (Å²) in [5, 5.41) is 7.20. The Morgan fingerprint density at radius 1 is 0.364 bits per heavy atom. The van der Waals surface area contributed by atoms with Crippen LogP contribution in [0.3, 0.4) is 0 Å². The van der Waals surface area contributed by atoms with E-state index in [0.717, 1.165) is 50.3 Å². The highest BCUT2D eigenvalue weighted by Crippen LogP contribution is 2.42. The van der Waals surface area contributed by atoms with Crippen molar-refractivity contribution >= 4 is 71.6 Å². The molecule has 3 heteroatoms. The molecule has 11 rings (SSSR count). The molecule has 0 unspecified atom stereocenters. The lowest BCUT2D eigenvalue weighted by Gasteiger charge is -2.26.